The Bertz CT molecular complexity index is 1060. The third-order valence-electron chi connectivity index (χ3n) is 5.16. The second-order valence-corrected chi connectivity index (χ2v) is 7.98. The van der Waals surface area contributed by atoms with E-state index in [4.69, 9.17) is 10.8 Å². The van der Waals surface area contributed by atoms with E-state index >= 15 is 0 Å². The number of rotatable bonds is 12. The van der Waals surface area contributed by atoms with E-state index in [2.05, 4.69) is 20.9 Å². The van der Waals surface area contributed by atoms with Gasteiger partial charge in [-0.3, -0.25) is 19.2 Å². The molecule has 0 saturated heterocycles. The maximum Gasteiger partial charge on any atom is 0.326 e. The molecule has 0 aliphatic carbocycles. The van der Waals surface area contributed by atoms with Crippen LogP contribution in [0.15, 0.2) is 30.5 Å². The van der Waals surface area contributed by atoms with Gasteiger partial charge in [-0.1, -0.05) is 18.2 Å². The van der Waals surface area contributed by atoms with Gasteiger partial charge in [0.1, 0.15) is 18.1 Å². The van der Waals surface area contributed by atoms with Gasteiger partial charge in [-0.25, -0.2) is 4.79 Å². The highest BCUT2D eigenvalue weighted by Crippen LogP contribution is 2.19. The largest absolute Gasteiger partial charge is 0.481 e. The van der Waals surface area contributed by atoms with Gasteiger partial charge in [0.05, 0.1) is 6.04 Å². The van der Waals surface area contributed by atoms with Crippen molar-refractivity contribution in [1.82, 2.24) is 20.9 Å². The fourth-order valence-corrected chi connectivity index (χ4v) is 3.23. The van der Waals surface area contributed by atoms with Gasteiger partial charge in [0.2, 0.25) is 17.7 Å². The zero-order valence-corrected chi connectivity index (χ0v) is 18.8. The second kappa shape index (κ2) is 11.8. The molecule has 12 nitrogen and oxygen atoms in total. The van der Waals surface area contributed by atoms with E-state index < -0.39 is 60.2 Å². The number of amides is 3. The molecule has 0 aliphatic heterocycles. The fourth-order valence-electron chi connectivity index (χ4n) is 3.23. The summed E-state index contributed by atoms with van der Waals surface area (Å²) in [7, 11) is 0. The average molecular weight is 476 g/mol. The maximum atomic E-state index is 13.0. The molecule has 0 saturated carbocycles. The van der Waals surface area contributed by atoms with E-state index in [-0.39, 0.29) is 12.8 Å². The van der Waals surface area contributed by atoms with Crippen molar-refractivity contribution in [1.29, 1.82) is 0 Å². The molecule has 4 unspecified atom stereocenters. The smallest absolute Gasteiger partial charge is 0.326 e. The summed E-state index contributed by atoms with van der Waals surface area (Å²) in [5, 5.41) is 26.1. The van der Waals surface area contributed by atoms with Crippen LogP contribution in [0.5, 0.6) is 0 Å². The Labute approximate surface area is 195 Å². The van der Waals surface area contributed by atoms with E-state index in [1.54, 1.807) is 6.20 Å². The molecule has 0 radical (unpaired) electrons. The van der Waals surface area contributed by atoms with Gasteiger partial charge in [-0.2, -0.15) is 0 Å². The van der Waals surface area contributed by atoms with Crippen molar-refractivity contribution < 1.29 is 34.2 Å². The summed E-state index contributed by atoms with van der Waals surface area (Å²) in [4.78, 5) is 62.7. The molecular formula is C22H29N5O7. The summed E-state index contributed by atoms with van der Waals surface area (Å²) in [6.07, 6.45) is 1.07. The molecule has 1 heterocycles. The van der Waals surface area contributed by atoms with E-state index in [9.17, 15) is 29.1 Å². The van der Waals surface area contributed by atoms with Gasteiger partial charge in [-0.15, -0.1) is 0 Å². The average Bonchev–Trinajstić information content (AvgIpc) is 3.18. The van der Waals surface area contributed by atoms with Crippen LogP contribution in [0.3, 0.4) is 0 Å². The van der Waals surface area contributed by atoms with E-state index in [1.165, 1.54) is 13.8 Å². The first-order chi connectivity index (χ1) is 16.0. The number of nitrogens with two attached hydrogens (primary N) is 1. The Morgan fingerprint density at radius 1 is 0.941 bits per heavy atom. The number of hydrogen-bond donors (Lipinski definition) is 7. The lowest BCUT2D eigenvalue weighted by atomic mass is 10.0. The molecule has 4 atom stereocenters. The summed E-state index contributed by atoms with van der Waals surface area (Å²) in [6.45, 7) is 2.81. The van der Waals surface area contributed by atoms with Crippen LogP contribution in [0.25, 0.3) is 10.9 Å². The van der Waals surface area contributed by atoms with Crippen LogP contribution in [0.2, 0.25) is 0 Å². The molecule has 8 N–H and O–H groups in total. The van der Waals surface area contributed by atoms with Gasteiger partial charge in [0.25, 0.3) is 0 Å². The fraction of sp³-hybridized carbons (Fsp3) is 0.409. The van der Waals surface area contributed by atoms with Crippen molar-refractivity contribution >= 4 is 40.6 Å². The molecule has 0 fully saturated rings. The molecule has 34 heavy (non-hydrogen) atoms. The van der Waals surface area contributed by atoms with Gasteiger partial charge in [-0.05, 0) is 31.9 Å². The zero-order valence-electron chi connectivity index (χ0n) is 18.8. The third-order valence-corrected chi connectivity index (χ3v) is 5.16. The highest BCUT2D eigenvalue weighted by molar-refractivity contribution is 5.94. The van der Waals surface area contributed by atoms with E-state index in [1.807, 2.05) is 24.3 Å². The predicted octanol–water partition coefficient (Wildman–Crippen LogP) is -0.519. The first kappa shape index (κ1) is 26.3. The topological polar surface area (TPSA) is 204 Å². The van der Waals surface area contributed by atoms with Gasteiger partial charge in [0.15, 0.2) is 0 Å². The minimum Gasteiger partial charge on any atom is -0.481 e. The standard InChI is InChI=1S/C22H29N5O7/c1-11(23)19(30)27-17(9-13-10-24-15-6-4-3-5-14(13)15)21(32)25-12(2)20(31)26-16(22(33)34)7-8-18(28)29/h3-6,10-12,16-17,24H,7-9,23H2,1-2H3,(H,25,32)(H,26,31)(H,27,30)(H,28,29)(H,33,34). The van der Waals surface area contributed by atoms with Crippen LogP contribution in [0.1, 0.15) is 32.3 Å². The normalized spacial score (nSPS) is 14.4. The lowest BCUT2D eigenvalue weighted by Gasteiger charge is -2.23. The minimum atomic E-state index is -1.43. The number of aromatic amines is 1. The van der Waals surface area contributed by atoms with Gasteiger partial charge >= 0.3 is 11.9 Å². The lowest BCUT2D eigenvalue weighted by molar-refractivity contribution is -0.143. The molecule has 0 spiro atoms. The van der Waals surface area contributed by atoms with Gasteiger partial charge < -0.3 is 36.9 Å². The van der Waals surface area contributed by atoms with Crippen LogP contribution in [0, 0.1) is 0 Å². The quantitative estimate of drug-likeness (QED) is 0.212. The Morgan fingerprint density at radius 3 is 2.21 bits per heavy atom. The third kappa shape index (κ3) is 7.30. The number of nitrogens with one attached hydrogen (secondary N) is 4. The molecule has 0 bridgehead atoms. The van der Waals surface area contributed by atoms with Crippen molar-refractivity contribution in [3.05, 3.63) is 36.0 Å². The van der Waals surface area contributed by atoms with Crippen LogP contribution < -0.4 is 21.7 Å². The molecule has 1 aromatic heterocycles. The Hall–Kier alpha value is -3.93. The second-order valence-electron chi connectivity index (χ2n) is 7.98. The first-order valence-electron chi connectivity index (χ1n) is 10.7. The number of carboxylic acids is 2. The number of carboxylic acid groups (broad SMARTS) is 2. The van der Waals surface area contributed by atoms with Crippen molar-refractivity contribution in [3.63, 3.8) is 0 Å². The van der Waals surface area contributed by atoms with E-state index in [0.29, 0.717) is 0 Å². The zero-order chi connectivity index (χ0) is 25.4. The summed E-state index contributed by atoms with van der Waals surface area (Å²) in [6, 6.07) is 2.91. The van der Waals surface area contributed by atoms with E-state index in [0.717, 1.165) is 16.5 Å². The minimum absolute atomic E-state index is 0.110. The first-order valence-corrected chi connectivity index (χ1v) is 10.7. The highest BCUT2D eigenvalue weighted by atomic mass is 16.4. The number of carbonyl (C=O) groups is 5. The number of fused-ring (bicyclic) bond motifs is 1. The highest BCUT2D eigenvalue weighted by Gasteiger charge is 2.28. The molecule has 12 heteroatoms. The van der Waals surface area contributed by atoms with Crippen LogP contribution >= 0.6 is 0 Å². The number of aliphatic carboxylic acids is 2. The molecule has 2 rings (SSSR count). The summed E-state index contributed by atoms with van der Waals surface area (Å²) in [5.74, 6) is -4.63. The number of benzene rings is 1. The molecule has 1 aromatic carbocycles. The Balaban J connectivity index is 2.12. The summed E-state index contributed by atoms with van der Waals surface area (Å²) < 4.78 is 0. The summed E-state index contributed by atoms with van der Waals surface area (Å²) >= 11 is 0. The SMILES string of the molecule is CC(N)C(=O)NC(Cc1c[nH]c2ccccc12)C(=O)NC(C)C(=O)NC(CCC(=O)O)C(=O)O. The van der Waals surface area contributed by atoms with Gasteiger partial charge in [0, 0.05) is 29.9 Å². The monoisotopic (exact) mass is 475 g/mol. The Morgan fingerprint density at radius 2 is 1.59 bits per heavy atom. The lowest BCUT2D eigenvalue weighted by Crippen LogP contribution is -2.56. The number of para-hydroxylation sites is 1. The molecule has 184 valence electrons. The van der Waals surface area contributed by atoms with Crippen LogP contribution in [-0.4, -0.2) is 69.0 Å². The van der Waals surface area contributed by atoms with Crippen molar-refractivity contribution in [2.24, 2.45) is 5.73 Å². The maximum absolute atomic E-state index is 13.0. The summed E-state index contributed by atoms with van der Waals surface area (Å²) in [5.41, 5.74) is 7.23. The number of hydrogen-bond acceptors (Lipinski definition) is 6. The van der Waals surface area contributed by atoms with Crippen molar-refractivity contribution in [3.8, 4) is 0 Å². The number of aromatic nitrogens is 1. The number of carbonyl (C=O) groups excluding carboxylic acids is 3. The molecule has 3 amide bonds. The van der Waals surface area contributed by atoms with Crippen LogP contribution in [0.4, 0.5) is 0 Å². The Kier molecular flexibility index (Phi) is 9.13. The molecule has 0 aliphatic rings. The van der Waals surface area contributed by atoms with Crippen molar-refractivity contribution in [2.45, 2.75) is 57.3 Å². The molecule has 2 aromatic rings. The molecular weight excluding hydrogens is 446 g/mol. The van der Waals surface area contributed by atoms with Crippen LogP contribution in [-0.2, 0) is 30.4 Å². The number of H-pyrrole nitrogens is 1. The predicted molar refractivity (Wildman–Crippen MR) is 122 cm³/mol. The van der Waals surface area contributed by atoms with Crippen molar-refractivity contribution in [2.75, 3.05) is 0 Å².